The fraction of sp³-hybridized carbons (Fsp3) is 0.571. The number of sulfonamides is 1. The van der Waals surface area contributed by atoms with Gasteiger partial charge in [-0.05, 0) is 44.0 Å². The molecule has 0 aromatic heterocycles. The molecule has 2 unspecified atom stereocenters. The van der Waals surface area contributed by atoms with Gasteiger partial charge in [-0.3, -0.25) is 0 Å². The fourth-order valence-corrected chi connectivity index (χ4v) is 3.58. The first-order valence-electron chi connectivity index (χ1n) is 6.87. The summed E-state index contributed by atoms with van der Waals surface area (Å²) in [5.41, 5.74) is 0.890. The molecule has 0 bridgehead atoms. The van der Waals surface area contributed by atoms with Crippen LogP contribution in [0.25, 0.3) is 0 Å². The van der Waals surface area contributed by atoms with E-state index in [4.69, 9.17) is 0 Å². The minimum atomic E-state index is -3.36. The second-order valence-corrected chi connectivity index (χ2v) is 6.97. The number of nitrogens with one attached hydrogen (secondary N) is 2. The third-order valence-electron chi connectivity index (χ3n) is 3.95. The molecule has 0 saturated heterocycles. The molecular formula is C14H22N2O2S. The molecule has 5 heteroatoms. The number of benzene rings is 1. The minimum Gasteiger partial charge on any atom is -0.382 e. The van der Waals surface area contributed by atoms with Crippen LogP contribution in [-0.4, -0.2) is 21.5 Å². The number of hydrogen-bond acceptors (Lipinski definition) is 3. The lowest BCUT2D eigenvalue weighted by Crippen LogP contribution is -2.24. The van der Waals surface area contributed by atoms with Gasteiger partial charge < -0.3 is 5.32 Å². The van der Waals surface area contributed by atoms with Crippen molar-refractivity contribution in [3.05, 3.63) is 24.3 Å². The first kappa shape index (κ1) is 14.3. The Morgan fingerprint density at radius 2 is 2.11 bits per heavy atom. The molecular weight excluding hydrogens is 260 g/mol. The first-order chi connectivity index (χ1) is 9.06. The molecule has 0 amide bonds. The molecule has 0 aliphatic heterocycles. The summed E-state index contributed by atoms with van der Waals surface area (Å²) in [4.78, 5) is 0.311. The van der Waals surface area contributed by atoms with E-state index in [1.807, 2.05) is 6.07 Å². The summed E-state index contributed by atoms with van der Waals surface area (Å²) in [5, 5.41) is 3.49. The van der Waals surface area contributed by atoms with Gasteiger partial charge in [-0.2, -0.15) is 0 Å². The molecule has 0 radical (unpaired) electrons. The molecule has 1 aliphatic carbocycles. The monoisotopic (exact) mass is 282 g/mol. The van der Waals surface area contributed by atoms with Gasteiger partial charge >= 0.3 is 0 Å². The van der Waals surface area contributed by atoms with Crippen LogP contribution in [0.3, 0.4) is 0 Å². The Kier molecular flexibility index (Phi) is 4.47. The first-order valence-corrected chi connectivity index (χ1v) is 8.35. The van der Waals surface area contributed by atoms with Crippen LogP contribution in [0.5, 0.6) is 0 Å². The van der Waals surface area contributed by atoms with E-state index in [9.17, 15) is 8.42 Å². The van der Waals surface area contributed by atoms with Crippen LogP contribution < -0.4 is 10.0 Å². The van der Waals surface area contributed by atoms with Gasteiger partial charge in [0, 0.05) is 11.7 Å². The number of hydrogen-bond donors (Lipinski definition) is 2. The van der Waals surface area contributed by atoms with Crippen molar-refractivity contribution in [3.63, 3.8) is 0 Å². The van der Waals surface area contributed by atoms with Crippen molar-refractivity contribution in [3.8, 4) is 0 Å². The Hall–Kier alpha value is -1.07. The molecule has 19 heavy (non-hydrogen) atoms. The van der Waals surface area contributed by atoms with Crippen molar-refractivity contribution in [2.75, 3.05) is 12.4 Å². The minimum absolute atomic E-state index is 0.311. The average Bonchev–Trinajstić information content (AvgIpc) is 2.86. The lowest BCUT2D eigenvalue weighted by Gasteiger charge is -2.21. The largest absolute Gasteiger partial charge is 0.382 e. The van der Waals surface area contributed by atoms with Crippen LogP contribution in [0.2, 0.25) is 0 Å². The zero-order valence-corrected chi connectivity index (χ0v) is 12.3. The highest BCUT2D eigenvalue weighted by atomic mass is 32.2. The van der Waals surface area contributed by atoms with Gasteiger partial charge in [0.05, 0.1) is 4.90 Å². The van der Waals surface area contributed by atoms with Crippen LogP contribution in [0.15, 0.2) is 29.2 Å². The maximum Gasteiger partial charge on any atom is 0.240 e. The molecule has 1 aliphatic rings. The van der Waals surface area contributed by atoms with E-state index in [0.29, 0.717) is 16.9 Å². The highest BCUT2D eigenvalue weighted by Gasteiger charge is 2.25. The van der Waals surface area contributed by atoms with Crippen molar-refractivity contribution >= 4 is 15.7 Å². The van der Waals surface area contributed by atoms with Crippen molar-refractivity contribution in [2.45, 2.75) is 43.5 Å². The van der Waals surface area contributed by atoms with Crippen molar-refractivity contribution in [2.24, 2.45) is 5.92 Å². The number of rotatable bonds is 5. The summed E-state index contributed by atoms with van der Waals surface area (Å²) in [6.45, 7) is 2.21. The van der Waals surface area contributed by atoms with Crippen molar-refractivity contribution in [1.29, 1.82) is 0 Å². The smallest absolute Gasteiger partial charge is 0.240 e. The van der Waals surface area contributed by atoms with E-state index in [1.165, 1.54) is 32.7 Å². The summed E-state index contributed by atoms with van der Waals surface area (Å²) < 4.78 is 25.9. The van der Waals surface area contributed by atoms with Gasteiger partial charge in [0.25, 0.3) is 0 Å². The van der Waals surface area contributed by atoms with E-state index in [-0.39, 0.29) is 0 Å². The van der Waals surface area contributed by atoms with Crippen molar-refractivity contribution in [1.82, 2.24) is 4.72 Å². The van der Waals surface area contributed by atoms with E-state index < -0.39 is 10.0 Å². The molecule has 2 rings (SSSR count). The second-order valence-electron chi connectivity index (χ2n) is 5.09. The molecule has 1 aromatic carbocycles. The van der Waals surface area contributed by atoms with Crippen molar-refractivity contribution < 1.29 is 8.42 Å². The predicted octanol–water partition coefficient (Wildman–Crippen LogP) is 2.59. The van der Waals surface area contributed by atoms with Gasteiger partial charge in [0.1, 0.15) is 0 Å². The zero-order chi connectivity index (χ0) is 13.9. The summed E-state index contributed by atoms with van der Waals surface area (Å²) in [6, 6.07) is 7.50. The molecule has 2 N–H and O–H groups in total. The molecule has 0 spiro atoms. The van der Waals surface area contributed by atoms with Crippen LogP contribution in [-0.2, 0) is 10.0 Å². The highest BCUT2D eigenvalue weighted by molar-refractivity contribution is 7.89. The third kappa shape index (κ3) is 3.28. The normalized spacial score (nSPS) is 23.5. The van der Waals surface area contributed by atoms with Gasteiger partial charge in [-0.1, -0.05) is 25.8 Å². The standard InChI is InChI=1S/C14H22N2O2S/c1-3-11-6-4-9-14(11)16-12-7-5-8-13(10-12)19(17,18)15-2/h5,7-8,10-11,14-16H,3-4,6,9H2,1-2H3. The highest BCUT2D eigenvalue weighted by Crippen LogP contribution is 2.31. The summed E-state index contributed by atoms with van der Waals surface area (Å²) in [7, 11) is -1.93. The van der Waals surface area contributed by atoms with Gasteiger partial charge in [0.15, 0.2) is 0 Å². The Bertz CT molecular complexity index is 528. The Labute approximate surface area is 115 Å². The molecule has 0 heterocycles. The summed E-state index contributed by atoms with van der Waals surface area (Å²) in [5.74, 6) is 0.699. The third-order valence-corrected chi connectivity index (χ3v) is 5.36. The Balaban J connectivity index is 2.16. The van der Waals surface area contributed by atoms with E-state index in [0.717, 1.165) is 5.69 Å². The summed E-state index contributed by atoms with van der Waals surface area (Å²) >= 11 is 0. The second kappa shape index (κ2) is 5.92. The Morgan fingerprint density at radius 1 is 1.32 bits per heavy atom. The van der Waals surface area contributed by atoms with E-state index in [1.54, 1.807) is 18.2 Å². The zero-order valence-electron chi connectivity index (χ0n) is 11.5. The van der Waals surface area contributed by atoms with E-state index in [2.05, 4.69) is 17.0 Å². The topological polar surface area (TPSA) is 58.2 Å². The maximum atomic E-state index is 11.8. The predicted molar refractivity (Wildman–Crippen MR) is 77.7 cm³/mol. The quantitative estimate of drug-likeness (QED) is 0.872. The Morgan fingerprint density at radius 3 is 2.79 bits per heavy atom. The molecule has 4 nitrogen and oxygen atoms in total. The van der Waals surface area contributed by atoms with Gasteiger partial charge in [-0.25, -0.2) is 13.1 Å². The van der Waals surface area contributed by atoms with Crippen LogP contribution in [0.4, 0.5) is 5.69 Å². The van der Waals surface area contributed by atoms with Crippen LogP contribution >= 0.6 is 0 Å². The SMILES string of the molecule is CCC1CCCC1Nc1cccc(S(=O)(=O)NC)c1. The van der Waals surface area contributed by atoms with Gasteiger partial charge in [0.2, 0.25) is 10.0 Å². The molecule has 2 atom stereocenters. The molecule has 1 fully saturated rings. The maximum absolute atomic E-state index is 11.8. The average molecular weight is 282 g/mol. The molecule has 106 valence electrons. The fourth-order valence-electron chi connectivity index (χ4n) is 2.80. The molecule has 1 aromatic rings. The number of anilines is 1. The lowest BCUT2D eigenvalue weighted by molar-refractivity contribution is 0.489. The lowest BCUT2D eigenvalue weighted by atomic mass is 10.0. The molecule has 1 saturated carbocycles. The van der Waals surface area contributed by atoms with Gasteiger partial charge in [-0.15, -0.1) is 0 Å². The van der Waals surface area contributed by atoms with Crippen LogP contribution in [0, 0.1) is 5.92 Å². The van der Waals surface area contributed by atoms with E-state index >= 15 is 0 Å². The summed E-state index contributed by atoms with van der Waals surface area (Å²) in [6.07, 6.45) is 4.86. The van der Waals surface area contributed by atoms with Crippen LogP contribution in [0.1, 0.15) is 32.6 Å².